The van der Waals surface area contributed by atoms with Gasteiger partial charge in [-0.15, -0.1) is 0 Å². The molecule has 0 saturated carbocycles. The van der Waals surface area contributed by atoms with Gasteiger partial charge in [-0.25, -0.2) is 0 Å². The van der Waals surface area contributed by atoms with Crippen molar-refractivity contribution in [1.29, 1.82) is 0 Å². The molecule has 0 radical (unpaired) electrons. The summed E-state index contributed by atoms with van der Waals surface area (Å²) in [5.74, 6) is -2.12. The maximum absolute atomic E-state index is 11.4. The smallest absolute Gasteiger partial charge is 0.459 e. The minimum atomic E-state index is -4.21. The van der Waals surface area contributed by atoms with Crippen molar-refractivity contribution in [3.8, 4) is 0 Å². The minimum absolute atomic E-state index is 0.0165. The van der Waals surface area contributed by atoms with Crippen molar-refractivity contribution in [3.05, 3.63) is 12.8 Å². The molecule has 0 aromatic carbocycles. The molecule has 0 heterocycles. The highest BCUT2D eigenvalue weighted by Crippen LogP contribution is 2.16. The summed E-state index contributed by atoms with van der Waals surface area (Å²) in [6, 6.07) is 0. The van der Waals surface area contributed by atoms with Gasteiger partial charge in [0.25, 0.3) is 17.9 Å². The number of carbonyl (C=O) groups excluding carboxylic acids is 3. The Hall–Kier alpha value is -1.83. The van der Waals surface area contributed by atoms with Crippen LogP contribution in [0.2, 0.25) is 0 Å². The van der Waals surface area contributed by atoms with Crippen LogP contribution in [0.5, 0.6) is 0 Å². The molecular formula is C11H18O7Si. The Bertz CT molecular complexity index is 307. The molecule has 108 valence electrons. The molecular weight excluding hydrogens is 272 g/mol. The molecule has 0 bridgehead atoms. The van der Waals surface area contributed by atoms with E-state index in [4.69, 9.17) is 17.7 Å². The normalized spacial score (nSPS) is 10.3. The van der Waals surface area contributed by atoms with Crippen molar-refractivity contribution in [2.75, 3.05) is 0 Å². The fourth-order valence-electron chi connectivity index (χ4n) is 0.871. The molecule has 0 aliphatic heterocycles. The molecule has 0 fully saturated rings. The summed E-state index contributed by atoms with van der Waals surface area (Å²) < 4.78 is 19.6. The van der Waals surface area contributed by atoms with Crippen molar-refractivity contribution in [2.45, 2.75) is 40.0 Å². The van der Waals surface area contributed by atoms with Crippen LogP contribution >= 0.6 is 0 Å². The molecule has 0 N–H and O–H groups in total. The fraction of sp³-hybridized carbons (Fsp3) is 0.545. The second kappa shape index (κ2) is 8.30. The third-order valence-electron chi connectivity index (χ3n) is 1.81. The second-order valence-corrected chi connectivity index (χ2v) is 5.12. The Morgan fingerprint density at radius 1 is 0.895 bits per heavy atom. The highest BCUT2D eigenvalue weighted by Gasteiger charge is 2.60. The van der Waals surface area contributed by atoms with E-state index in [9.17, 15) is 14.4 Å². The first-order chi connectivity index (χ1) is 8.92. The summed E-state index contributed by atoms with van der Waals surface area (Å²) >= 11 is 0. The number of carbonyl (C=O) groups is 3. The average Bonchev–Trinajstić information content (AvgIpc) is 2.38. The third-order valence-corrected chi connectivity index (χ3v) is 3.70. The van der Waals surface area contributed by atoms with E-state index in [0.717, 1.165) is 6.26 Å². The van der Waals surface area contributed by atoms with Gasteiger partial charge in [0.2, 0.25) is 0 Å². The molecule has 0 aliphatic rings. The maximum Gasteiger partial charge on any atom is 0.972 e. The number of hydrogen-bond acceptors (Lipinski definition) is 7. The molecule has 7 nitrogen and oxygen atoms in total. The van der Waals surface area contributed by atoms with Crippen molar-refractivity contribution in [2.24, 2.45) is 0 Å². The molecule has 19 heavy (non-hydrogen) atoms. The van der Waals surface area contributed by atoms with Crippen LogP contribution in [0.1, 0.15) is 40.0 Å². The van der Waals surface area contributed by atoms with Gasteiger partial charge in [0.05, 0.1) is 6.26 Å². The second-order valence-electron chi connectivity index (χ2n) is 3.27. The van der Waals surface area contributed by atoms with Gasteiger partial charge < -0.3 is 17.7 Å². The van der Waals surface area contributed by atoms with E-state index in [1.807, 2.05) is 0 Å². The topological polar surface area (TPSA) is 88.1 Å². The highest BCUT2D eigenvalue weighted by molar-refractivity contribution is 6.59. The predicted molar refractivity (Wildman–Crippen MR) is 66.2 cm³/mol. The van der Waals surface area contributed by atoms with E-state index in [-0.39, 0.29) is 19.3 Å². The van der Waals surface area contributed by atoms with E-state index in [2.05, 4.69) is 6.58 Å². The van der Waals surface area contributed by atoms with Gasteiger partial charge in [-0.3, -0.25) is 14.4 Å². The lowest BCUT2D eigenvalue weighted by molar-refractivity contribution is -0.156. The van der Waals surface area contributed by atoms with Crippen LogP contribution < -0.4 is 0 Å². The molecule has 0 aromatic rings. The molecule has 0 unspecified atom stereocenters. The standard InChI is InChI=1S/C11H18O7Si/c1-5-9(12)16-19(15-8-4,17-10(13)6-2)18-11(14)7-3/h8H,4-7H2,1-3H3. The Kier molecular flexibility index (Phi) is 7.50. The lowest BCUT2D eigenvalue weighted by Gasteiger charge is -2.23. The summed E-state index contributed by atoms with van der Waals surface area (Å²) in [4.78, 5) is 34.1. The zero-order valence-corrected chi connectivity index (χ0v) is 12.3. The summed E-state index contributed by atoms with van der Waals surface area (Å²) in [7, 11) is -4.21. The van der Waals surface area contributed by atoms with E-state index < -0.39 is 27.0 Å². The van der Waals surface area contributed by atoms with Crippen molar-refractivity contribution < 1.29 is 32.1 Å². The molecule has 0 amide bonds. The Balaban J connectivity index is 5.18. The van der Waals surface area contributed by atoms with Crippen LogP contribution in [0, 0.1) is 0 Å². The maximum atomic E-state index is 11.4. The first kappa shape index (κ1) is 17.2. The van der Waals surface area contributed by atoms with Crippen LogP contribution in [0.25, 0.3) is 0 Å². The van der Waals surface area contributed by atoms with Crippen molar-refractivity contribution >= 4 is 27.0 Å². The monoisotopic (exact) mass is 290 g/mol. The van der Waals surface area contributed by atoms with Gasteiger partial charge in [0.1, 0.15) is 0 Å². The van der Waals surface area contributed by atoms with Crippen molar-refractivity contribution in [1.82, 2.24) is 0 Å². The fourth-order valence-corrected chi connectivity index (χ4v) is 2.61. The zero-order chi connectivity index (χ0) is 14.9. The van der Waals surface area contributed by atoms with E-state index in [1.165, 1.54) is 0 Å². The molecule has 0 saturated heterocycles. The highest BCUT2D eigenvalue weighted by atomic mass is 28.4. The van der Waals surface area contributed by atoms with Crippen LogP contribution in [-0.2, 0) is 32.1 Å². The third kappa shape index (κ3) is 6.05. The molecule has 0 atom stereocenters. The van der Waals surface area contributed by atoms with Crippen LogP contribution in [0.4, 0.5) is 0 Å². The lowest BCUT2D eigenvalue weighted by atomic mass is 10.5. The Morgan fingerprint density at radius 3 is 1.42 bits per heavy atom. The predicted octanol–water partition coefficient (Wildman–Crippen LogP) is 1.44. The lowest BCUT2D eigenvalue weighted by Crippen LogP contribution is -2.52. The zero-order valence-electron chi connectivity index (χ0n) is 11.3. The van der Waals surface area contributed by atoms with Crippen molar-refractivity contribution in [3.63, 3.8) is 0 Å². The van der Waals surface area contributed by atoms with Gasteiger partial charge in [-0.05, 0) is 0 Å². The number of rotatable bonds is 8. The summed E-state index contributed by atoms with van der Waals surface area (Å²) in [5.41, 5.74) is 0. The van der Waals surface area contributed by atoms with E-state index in [0.29, 0.717) is 0 Å². The largest absolute Gasteiger partial charge is 0.972 e. The van der Waals surface area contributed by atoms with Crippen LogP contribution in [-0.4, -0.2) is 27.0 Å². The average molecular weight is 290 g/mol. The van der Waals surface area contributed by atoms with Gasteiger partial charge in [-0.2, -0.15) is 0 Å². The van der Waals surface area contributed by atoms with E-state index >= 15 is 0 Å². The Labute approximate surface area is 113 Å². The van der Waals surface area contributed by atoms with Gasteiger partial charge in [-0.1, -0.05) is 27.4 Å². The molecule has 0 aromatic heterocycles. The summed E-state index contributed by atoms with van der Waals surface area (Å²) in [6.45, 7) is 7.90. The summed E-state index contributed by atoms with van der Waals surface area (Å²) in [5, 5.41) is 0. The Morgan fingerprint density at radius 2 is 1.21 bits per heavy atom. The van der Waals surface area contributed by atoms with Gasteiger partial charge in [0, 0.05) is 19.3 Å². The molecule has 0 rings (SSSR count). The first-order valence-electron chi connectivity index (χ1n) is 5.87. The van der Waals surface area contributed by atoms with Crippen LogP contribution in [0.15, 0.2) is 12.8 Å². The summed E-state index contributed by atoms with van der Waals surface area (Å²) in [6.07, 6.45) is 0.953. The molecule has 0 spiro atoms. The number of hydrogen-bond donors (Lipinski definition) is 0. The van der Waals surface area contributed by atoms with Gasteiger partial charge in [0.15, 0.2) is 0 Å². The molecule has 0 aliphatic carbocycles. The minimum Gasteiger partial charge on any atom is -0.459 e. The SMILES string of the molecule is C=CO[Si](OC(=O)CC)(OC(=O)CC)OC(=O)CC. The van der Waals surface area contributed by atoms with E-state index in [1.54, 1.807) is 20.8 Å². The van der Waals surface area contributed by atoms with Gasteiger partial charge >= 0.3 is 9.05 Å². The molecule has 8 heteroatoms. The first-order valence-corrected chi connectivity index (χ1v) is 7.50. The quantitative estimate of drug-likeness (QED) is 0.493. The van der Waals surface area contributed by atoms with Crippen LogP contribution in [0.3, 0.4) is 0 Å².